The molecule has 3 amide bonds. The lowest BCUT2D eigenvalue weighted by atomic mass is 9.97. The Balaban J connectivity index is 1.51. The molecule has 1 saturated heterocycles. The molecule has 8 nitrogen and oxygen atoms in total. The summed E-state index contributed by atoms with van der Waals surface area (Å²) in [5.74, 6) is 0.0296. The zero-order chi connectivity index (χ0) is 19.6. The maximum Gasteiger partial charge on any atom is 0.323 e. The minimum absolute atomic E-state index is 0.0296. The van der Waals surface area contributed by atoms with Crippen LogP contribution in [0.15, 0.2) is 23.0 Å². The number of benzene rings is 1. The molecule has 1 aromatic carbocycles. The molecule has 1 aliphatic rings. The van der Waals surface area contributed by atoms with Gasteiger partial charge in [0.15, 0.2) is 0 Å². The Kier molecular flexibility index (Phi) is 5.25. The van der Waals surface area contributed by atoms with Crippen molar-refractivity contribution in [1.82, 2.24) is 25.1 Å². The molecule has 3 N–H and O–H groups in total. The van der Waals surface area contributed by atoms with Gasteiger partial charge in [0.1, 0.15) is 0 Å². The summed E-state index contributed by atoms with van der Waals surface area (Å²) in [5.41, 5.74) is 2.07. The molecule has 1 fully saturated rings. The highest BCUT2D eigenvalue weighted by molar-refractivity contribution is 5.82. The van der Waals surface area contributed by atoms with Gasteiger partial charge in [-0.2, -0.15) is 0 Å². The van der Waals surface area contributed by atoms with E-state index < -0.39 is 0 Å². The number of piperazine rings is 1. The number of fused-ring (bicyclic) bond motifs is 1. The lowest BCUT2D eigenvalue weighted by molar-refractivity contribution is -0.131. The lowest BCUT2D eigenvalue weighted by Gasteiger charge is -2.35. The second-order valence-electron chi connectivity index (χ2n) is 8.22. The molecule has 0 bridgehead atoms. The molecule has 0 aliphatic carbocycles. The topological polar surface area (TPSA) is 101 Å². The largest absolute Gasteiger partial charge is 0.339 e. The quantitative estimate of drug-likeness (QED) is 0.756. The molecule has 0 radical (unpaired) electrons. The highest BCUT2D eigenvalue weighted by Gasteiger charge is 2.25. The molecule has 2 heterocycles. The van der Waals surface area contributed by atoms with Crippen LogP contribution in [0.2, 0.25) is 0 Å². The molecule has 0 unspecified atom stereocenters. The van der Waals surface area contributed by atoms with Crippen molar-refractivity contribution in [2.24, 2.45) is 5.41 Å². The van der Waals surface area contributed by atoms with Crippen LogP contribution in [0.1, 0.15) is 26.3 Å². The van der Waals surface area contributed by atoms with Gasteiger partial charge in [-0.15, -0.1) is 0 Å². The van der Waals surface area contributed by atoms with Crippen LogP contribution >= 0.6 is 0 Å². The number of H-pyrrole nitrogens is 2. The lowest BCUT2D eigenvalue weighted by Crippen LogP contribution is -2.54. The fourth-order valence-corrected chi connectivity index (χ4v) is 3.09. The number of aromatic amines is 2. The number of hydrogen-bond acceptors (Lipinski definition) is 3. The smallest absolute Gasteiger partial charge is 0.323 e. The molecule has 2 aromatic rings. The van der Waals surface area contributed by atoms with Gasteiger partial charge in [0.2, 0.25) is 5.91 Å². The number of carbonyl (C=O) groups is 2. The van der Waals surface area contributed by atoms with Gasteiger partial charge in [-0.1, -0.05) is 26.8 Å². The van der Waals surface area contributed by atoms with Crippen LogP contribution in [0.5, 0.6) is 0 Å². The van der Waals surface area contributed by atoms with Gasteiger partial charge in [-0.05, 0) is 23.1 Å². The van der Waals surface area contributed by atoms with E-state index in [-0.39, 0.29) is 29.5 Å². The average molecular weight is 373 g/mol. The molecule has 0 atom stereocenters. The Hall–Kier alpha value is -2.77. The minimum Gasteiger partial charge on any atom is -0.339 e. The van der Waals surface area contributed by atoms with E-state index in [4.69, 9.17) is 0 Å². The van der Waals surface area contributed by atoms with Gasteiger partial charge in [0, 0.05) is 32.7 Å². The summed E-state index contributed by atoms with van der Waals surface area (Å²) >= 11 is 0. The first-order valence-electron chi connectivity index (χ1n) is 9.23. The van der Waals surface area contributed by atoms with E-state index in [2.05, 4.69) is 36.1 Å². The first-order valence-corrected chi connectivity index (χ1v) is 9.23. The maximum atomic E-state index is 12.6. The van der Waals surface area contributed by atoms with Crippen LogP contribution in [0.25, 0.3) is 11.0 Å². The Labute approximate surface area is 157 Å². The Morgan fingerprint density at radius 2 is 1.67 bits per heavy atom. The van der Waals surface area contributed by atoms with Crippen LogP contribution in [0.4, 0.5) is 4.79 Å². The van der Waals surface area contributed by atoms with Crippen LogP contribution in [0.3, 0.4) is 0 Å². The second kappa shape index (κ2) is 7.46. The summed E-state index contributed by atoms with van der Waals surface area (Å²) in [6.07, 6.45) is 0.277. The number of nitrogens with zero attached hydrogens (tertiary/aromatic N) is 2. The molecule has 1 aliphatic heterocycles. The van der Waals surface area contributed by atoms with Gasteiger partial charge in [0.05, 0.1) is 17.5 Å². The SMILES string of the molecule is CC(C)(C)CNC(=O)N1CCN(C(=O)Cc2ccc3[nH]c(=O)[nH]c3c2)CC1. The van der Waals surface area contributed by atoms with Gasteiger partial charge >= 0.3 is 11.7 Å². The van der Waals surface area contributed by atoms with Crippen molar-refractivity contribution >= 4 is 23.0 Å². The van der Waals surface area contributed by atoms with Crippen molar-refractivity contribution in [2.75, 3.05) is 32.7 Å². The van der Waals surface area contributed by atoms with Crippen molar-refractivity contribution in [1.29, 1.82) is 0 Å². The van der Waals surface area contributed by atoms with Gasteiger partial charge in [0.25, 0.3) is 0 Å². The van der Waals surface area contributed by atoms with Gasteiger partial charge in [-0.3, -0.25) is 4.79 Å². The molecular weight excluding hydrogens is 346 g/mol. The maximum absolute atomic E-state index is 12.6. The number of imidazole rings is 1. The molecule has 1 aromatic heterocycles. The predicted octanol–water partition coefficient (Wildman–Crippen LogP) is 1.30. The van der Waals surface area contributed by atoms with E-state index in [0.29, 0.717) is 38.2 Å². The molecule has 0 saturated carbocycles. The normalized spacial score (nSPS) is 15.2. The summed E-state index contributed by atoms with van der Waals surface area (Å²) in [4.78, 5) is 45.1. The summed E-state index contributed by atoms with van der Waals surface area (Å²) < 4.78 is 0. The van der Waals surface area contributed by atoms with Crippen LogP contribution in [-0.2, 0) is 11.2 Å². The minimum atomic E-state index is -0.255. The van der Waals surface area contributed by atoms with Crippen LogP contribution in [-0.4, -0.2) is 64.4 Å². The summed E-state index contributed by atoms with van der Waals surface area (Å²) in [7, 11) is 0. The standard InChI is InChI=1S/C19H27N5O3/c1-19(2,3)12-20-18(27)24-8-6-23(7-9-24)16(25)11-13-4-5-14-15(10-13)22-17(26)21-14/h4-5,10H,6-9,11-12H2,1-3H3,(H,20,27)(H2,21,22,26). The van der Waals surface area contributed by atoms with Gasteiger partial charge in [-0.25, -0.2) is 9.59 Å². The Morgan fingerprint density at radius 1 is 1.04 bits per heavy atom. The highest BCUT2D eigenvalue weighted by Crippen LogP contribution is 2.13. The predicted molar refractivity (Wildman–Crippen MR) is 104 cm³/mol. The van der Waals surface area contributed by atoms with E-state index in [1.807, 2.05) is 12.1 Å². The number of amides is 3. The number of urea groups is 1. The van der Waals surface area contributed by atoms with Crippen molar-refractivity contribution in [3.8, 4) is 0 Å². The zero-order valence-electron chi connectivity index (χ0n) is 16.1. The molecule has 3 rings (SSSR count). The molecule has 8 heteroatoms. The van der Waals surface area contributed by atoms with E-state index >= 15 is 0 Å². The fourth-order valence-electron chi connectivity index (χ4n) is 3.09. The molecule has 27 heavy (non-hydrogen) atoms. The number of aromatic nitrogens is 2. The van der Waals surface area contributed by atoms with E-state index in [1.54, 1.807) is 15.9 Å². The third-order valence-electron chi connectivity index (χ3n) is 4.63. The summed E-state index contributed by atoms with van der Waals surface area (Å²) in [5, 5.41) is 2.95. The van der Waals surface area contributed by atoms with E-state index in [9.17, 15) is 14.4 Å². The Bertz CT molecular complexity index is 885. The molecule has 146 valence electrons. The molecule has 0 spiro atoms. The van der Waals surface area contributed by atoms with Crippen molar-refractivity contribution in [3.05, 3.63) is 34.2 Å². The summed E-state index contributed by atoms with van der Waals surface area (Å²) in [6.45, 7) is 8.97. The Morgan fingerprint density at radius 3 is 2.33 bits per heavy atom. The first kappa shape index (κ1) is 19.0. The highest BCUT2D eigenvalue weighted by atomic mass is 16.2. The zero-order valence-corrected chi connectivity index (χ0v) is 16.1. The third-order valence-corrected chi connectivity index (χ3v) is 4.63. The molecular formula is C19H27N5O3. The fraction of sp³-hybridized carbons (Fsp3) is 0.526. The number of hydrogen-bond donors (Lipinski definition) is 3. The monoisotopic (exact) mass is 373 g/mol. The number of carbonyl (C=O) groups excluding carboxylic acids is 2. The third kappa shape index (κ3) is 4.90. The number of nitrogens with one attached hydrogen (secondary N) is 3. The van der Waals surface area contributed by atoms with Gasteiger partial charge < -0.3 is 25.1 Å². The van der Waals surface area contributed by atoms with Crippen molar-refractivity contribution in [2.45, 2.75) is 27.2 Å². The van der Waals surface area contributed by atoms with E-state index in [1.165, 1.54) is 0 Å². The first-order chi connectivity index (χ1) is 12.7. The van der Waals surface area contributed by atoms with E-state index in [0.717, 1.165) is 11.1 Å². The number of rotatable bonds is 3. The van der Waals surface area contributed by atoms with Crippen LogP contribution in [0, 0.1) is 5.41 Å². The van der Waals surface area contributed by atoms with Crippen LogP contribution < -0.4 is 11.0 Å². The van der Waals surface area contributed by atoms with Crippen molar-refractivity contribution < 1.29 is 9.59 Å². The average Bonchev–Trinajstić information content (AvgIpc) is 2.98. The van der Waals surface area contributed by atoms with Crippen molar-refractivity contribution in [3.63, 3.8) is 0 Å². The summed E-state index contributed by atoms with van der Waals surface area (Å²) in [6, 6.07) is 5.40. The second-order valence-corrected chi connectivity index (χ2v) is 8.22.